The second kappa shape index (κ2) is 3.20. The van der Waals surface area contributed by atoms with Gasteiger partial charge in [-0.1, -0.05) is 18.2 Å². The molecule has 2 aliphatic heterocycles. The Hall–Kier alpha value is -1.10. The molecule has 3 rings (SSSR count). The van der Waals surface area contributed by atoms with Crippen LogP contribution < -0.4 is 16.0 Å². The number of nitrogens with zero attached hydrogens (tertiary/aromatic N) is 1. The third-order valence-electron chi connectivity index (χ3n) is 3.42. The maximum Gasteiger partial charge on any atom is 0.114 e. The minimum atomic E-state index is -0.0259. The van der Waals surface area contributed by atoms with Gasteiger partial charge in [0.25, 0.3) is 0 Å². The summed E-state index contributed by atoms with van der Waals surface area (Å²) >= 11 is 0. The molecule has 1 spiro atoms. The first-order chi connectivity index (χ1) is 7.33. The number of hydrogen-bond donors (Lipinski definition) is 3. The lowest BCUT2D eigenvalue weighted by Crippen LogP contribution is -2.57. The second-order valence-electron chi connectivity index (χ2n) is 4.22. The van der Waals surface area contributed by atoms with Crippen LogP contribution in [0, 0.1) is 0 Å². The van der Waals surface area contributed by atoms with Crippen LogP contribution in [0.3, 0.4) is 0 Å². The van der Waals surface area contributed by atoms with Gasteiger partial charge in [-0.2, -0.15) is 0 Å². The van der Waals surface area contributed by atoms with E-state index < -0.39 is 0 Å². The van der Waals surface area contributed by atoms with Gasteiger partial charge in [0.1, 0.15) is 5.66 Å². The van der Waals surface area contributed by atoms with E-state index in [9.17, 15) is 0 Å². The average molecular weight is 204 g/mol. The van der Waals surface area contributed by atoms with E-state index in [2.05, 4.69) is 52.2 Å². The molecule has 0 amide bonds. The number of fused-ring (bicyclic) bond motifs is 2. The highest BCUT2D eigenvalue weighted by Crippen LogP contribution is 2.35. The molecule has 1 saturated heterocycles. The molecule has 1 fully saturated rings. The average Bonchev–Trinajstić information content (AvgIpc) is 2.75. The zero-order chi connectivity index (χ0) is 10.3. The standard InChI is InChI=1S/C11H16N4/c1-15-8-13-10-5-3-2-4-9(10)11(15)6-12-7-14-11/h2-5,12-14H,6-8H2,1H3. The Labute approximate surface area is 89.7 Å². The Balaban J connectivity index is 2.13. The van der Waals surface area contributed by atoms with Gasteiger partial charge < -0.3 is 10.6 Å². The number of hydrogen-bond acceptors (Lipinski definition) is 4. The van der Waals surface area contributed by atoms with E-state index in [1.54, 1.807) is 0 Å². The molecule has 2 aliphatic rings. The molecule has 1 aromatic rings. The summed E-state index contributed by atoms with van der Waals surface area (Å²) in [6.45, 7) is 2.71. The first kappa shape index (κ1) is 9.15. The Morgan fingerprint density at radius 2 is 2.20 bits per heavy atom. The topological polar surface area (TPSA) is 39.3 Å². The van der Waals surface area contributed by atoms with E-state index in [1.165, 1.54) is 11.3 Å². The predicted octanol–water partition coefficient (Wildman–Crippen LogP) is 0.304. The number of para-hydroxylation sites is 1. The van der Waals surface area contributed by atoms with Crippen LogP contribution in [0.1, 0.15) is 5.56 Å². The van der Waals surface area contributed by atoms with Crippen LogP contribution in [0.2, 0.25) is 0 Å². The van der Waals surface area contributed by atoms with Gasteiger partial charge in [-0.25, -0.2) is 0 Å². The van der Waals surface area contributed by atoms with Crippen LogP contribution >= 0.6 is 0 Å². The molecular formula is C11H16N4. The number of likely N-dealkylation sites (N-methyl/N-ethyl adjacent to an activating group) is 1. The quantitative estimate of drug-likeness (QED) is 0.568. The van der Waals surface area contributed by atoms with Crippen LogP contribution in [0.5, 0.6) is 0 Å². The fraction of sp³-hybridized carbons (Fsp3) is 0.455. The van der Waals surface area contributed by atoms with Crippen LogP contribution in [0.4, 0.5) is 5.69 Å². The molecule has 2 heterocycles. The second-order valence-corrected chi connectivity index (χ2v) is 4.22. The molecule has 1 unspecified atom stereocenters. The summed E-state index contributed by atoms with van der Waals surface area (Å²) in [5, 5.41) is 10.3. The van der Waals surface area contributed by atoms with E-state index in [4.69, 9.17) is 0 Å². The van der Waals surface area contributed by atoms with Gasteiger partial charge in [-0.15, -0.1) is 0 Å². The minimum absolute atomic E-state index is 0.0259. The van der Waals surface area contributed by atoms with Crippen LogP contribution in [0.25, 0.3) is 0 Å². The fourth-order valence-corrected chi connectivity index (χ4v) is 2.52. The maximum atomic E-state index is 3.55. The summed E-state index contributed by atoms with van der Waals surface area (Å²) in [7, 11) is 2.14. The molecule has 1 aromatic carbocycles. The number of rotatable bonds is 0. The zero-order valence-electron chi connectivity index (χ0n) is 8.88. The molecule has 0 saturated carbocycles. The first-order valence-corrected chi connectivity index (χ1v) is 5.33. The van der Waals surface area contributed by atoms with Crippen molar-refractivity contribution < 1.29 is 0 Å². The molecule has 0 aliphatic carbocycles. The van der Waals surface area contributed by atoms with Crippen molar-refractivity contribution >= 4 is 5.69 Å². The fourth-order valence-electron chi connectivity index (χ4n) is 2.52. The highest BCUT2D eigenvalue weighted by atomic mass is 15.4. The molecule has 1 atom stereocenters. The molecule has 0 aromatic heterocycles. The highest BCUT2D eigenvalue weighted by molar-refractivity contribution is 5.56. The van der Waals surface area contributed by atoms with Crippen LogP contribution in [-0.2, 0) is 5.66 Å². The minimum Gasteiger partial charge on any atom is -0.372 e. The lowest BCUT2D eigenvalue weighted by molar-refractivity contribution is 0.114. The van der Waals surface area contributed by atoms with Crippen molar-refractivity contribution in [3.05, 3.63) is 29.8 Å². The SMILES string of the molecule is CN1CNc2ccccc2C12CNCN2. The molecule has 4 nitrogen and oxygen atoms in total. The third-order valence-corrected chi connectivity index (χ3v) is 3.42. The third kappa shape index (κ3) is 1.19. The number of nitrogens with one attached hydrogen (secondary N) is 3. The van der Waals surface area contributed by atoms with Crippen molar-refractivity contribution in [1.82, 2.24) is 15.5 Å². The van der Waals surface area contributed by atoms with Crippen molar-refractivity contribution in [3.8, 4) is 0 Å². The Morgan fingerprint density at radius 3 is 3.00 bits per heavy atom. The summed E-state index contributed by atoms with van der Waals surface area (Å²) in [5.74, 6) is 0. The predicted molar refractivity (Wildman–Crippen MR) is 60.4 cm³/mol. The lowest BCUT2D eigenvalue weighted by Gasteiger charge is -2.43. The van der Waals surface area contributed by atoms with Crippen LogP contribution in [0.15, 0.2) is 24.3 Å². The molecule has 4 heteroatoms. The molecule has 0 bridgehead atoms. The van der Waals surface area contributed by atoms with Crippen molar-refractivity contribution in [2.75, 3.05) is 32.2 Å². The highest BCUT2D eigenvalue weighted by Gasteiger charge is 2.42. The van der Waals surface area contributed by atoms with Crippen molar-refractivity contribution in [3.63, 3.8) is 0 Å². The first-order valence-electron chi connectivity index (χ1n) is 5.33. The van der Waals surface area contributed by atoms with Gasteiger partial charge in [0.2, 0.25) is 0 Å². The van der Waals surface area contributed by atoms with Gasteiger partial charge in [0.05, 0.1) is 6.67 Å². The lowest BCUT2D eigenvalue weighted by atomic mass is 9.95. The van der Waals surface area contributed by atoms with Gasteiger partial charge >= 0.3 is 0 Å². The smallest absolute Gasteiger partial charge is 0.114 e. The van der Waals surface area contributed by atoms with Gasteiger partial charge in [-0.05, 0) is 13.1 Å². The van der Waals surface area contributed by atoms with E-state index in [0.29, 0.717) is 0 Å². The summed E-state index contributed by atoms with van der Waals surface area (Å²) in [4.78, 5) is 2.31. The molecular weight excluding hydrogens is 188 g/mol. The van der Waals surface area contributed by atoms with Gasteiger partial charge in [0.15, 0.2) is 0 Å². The van der Waals surface area contributed by atoms with E-state index >= 15 is 0 Å². The summed E-state index contributed by atoms with van der Waals surface area (Å²) in [5.41, 5.74) is 2.55. The molecule has 3 N–H and O–H groups in total. The monoisotopic (exact) mass is 204 g/mol. The number of anilines is 1. The summed E-state index contributed by atoms with van der Waals surface area (Å²) in [6, 6.07) is 8.51. The van der Waals surface area contributed by atoms with Crippen molar-refractivity contribution in [1.29, 1.82) is 0 Å². The van der Waals surface area contributed by atoms with Gasteiger partial charge in [-0.3, -0.25) is 10.2 Å². The van der Waals surface area contributed by atoms with E-state index in [0.717, 1.165) is 19.9 Å². The normalized spacial score (nSPS) is 30.2. The van der Waals surface area contributed by atoms with Crippen molar-refractivity contribution in [2.45, 2.75) is 5.66 Å². The number of benzene rings is 1. The zero-order valence-corrected chi connectivity index (χ0v) is 8.88. The summed E-state index contributed by atoms with van der Waals surface area (Å²) in [6.07, 6.45) is 0. The van der Waals surface area contributed by atoms with Crippen LogP contribution in [-0.4, -0.2) is 31.8 Å². The van der Waals surface area contributed by atoms with Crippen molar-refractivity contribution in [2.24, 2.45) is 0 Å². The van der Waals surface area contributed by atoms with E-state index in [1.807, 2.05) is 0 Å². The Morgan fingerprint density at radius 1 is 1.33 bits per heavy atom. The van der Waals surface area contributed by atoms with E-state index in [-0.39, 0.29) is 5.66 Å². The Kier molecular flexibility index (Phi) is 1.95. The molecule has 80 valence electrons. The molecule has 15 heavy (non-hydrogen) atoms. The molecule has 0 radical (unpaired) electrons. The summed E-state index contributed by atoms with van der Waals surface area (Å²) < 4.78 is 0. The largest absolute Gasteiger partial charge is 0.372 e. The maximum absolute atomic E-state index is 3.55. The van der Waals surface area contributed by atoms with Gasteiger partial charge in [0, 0.05) is 24.5 Å². The Bertz CT molecular complexity index is 371.